The summed E-state index contributed by atoms with van der Waals surface area (Å²) in [5.41, 5.74) is 1.01. The fourth-order valence-corrected chi connectivity index (χ4v) is 3.58. The molecule has 0 radical (unpaired) electrons. The summed E-state index contributed by atoms with van der Waals surface area (Å²) in [6, 6.07) is 8.84. The molecule has 0 atom stereocenters. The molecule has 0 unspecified atom stereocenters. The minimum absolute atomic E-state index is 0.186. The molecule has 0 amide bonds. The van der Waals surface area contributed by atoms with Crippen molar-refractivity contribution in [1.29, 1.82) is 0 Å². The second-order valence-corrected chi connectivity index (χ2v) is 6.66. The number of benzene rings is 1. The molecule has 0 spiro atoms. The number of aromatic nitrogens is 2. The summed E-state index contributed by atoms with van der Waals surface area (Å²) in [5.74, 6) is 1.06. The average Bonchev–Trinajstić information content (AvgIpc) is 2.65. The van der Waals surface area contributed by atoms with Crippen molar-refractivity contribution < 1.29 is 4.39 Å². The number of para-hydroxylation sites is 1. The summed E-state index contributed by atoms with van der Waals surface area (Å²) in [6.07, 6.45) is 6.76. The second-order valence-electron chi connectivity index (χ2n) is 6.66. The van der Waals surface area contributed by atoms with E-state index in [-0.39, 0.29) is 6.67 Å². The number of anilines is 1. The maximum Gasteiger partial charge on any atom is 0.139 e. The minimum atomic E-state index is -0.186. The number of hydrogen-bond donors (Lipinski definition) is 0. The summed E-state index contributed by atoms with van der Waals surface area (Å²) in [7, 11) is 2.20. The van der Waals surface area contributed by atoms with E-state index < -0.39 is 0 Å². The Bertz CT molecular complexity index is 635. The van der Waals surface area contributed by atoms with Crippen LogP contribution in [0.4, 0.5) is 10.2 Å². The van der Waals surface area contributed by atoms with Crippen molar-refractivity contribution in [2.75, 3.05) is 38.3 Å². The fourth-order valence-electron chi connectivity index (χ4n) is 3.58. The Labute approximate surface area is 143 Å². The minimum Gasteiger partial charge on any atom is -0.356 e. The van der Waals surface area contributed by atoms with Gasteiger partial charge in [-0.2, -0.15) is 0 Å². The van der Waals surface area contributed by atoms with Crippen molar-refractivity contribution >= 4 is 16.7 Å². The number of piperidine rings is 1. The first-order valence-corrected chi connectivity index (χ1v) is 9.00. The number of nitrogens with zero attached hydrogens (tertiary/aromatic N) is 4. The van der Waals surface area contributed by atoms with Crippen LogP contribution < -0.4 is 4.90 Å². The number of hydrogen-bond acceptors (Lipinski definition) is 4. The van der Waals surface area contributed by atoms with E-state index >= 15 is 0 Å². The molecule has 4 nitrogen and oxygen atoms in total. The van der Waals surface area contributed by atoms with Crippen LogP contribution in [0.5, 0.6) is 0 Å². The summed E-state index contributed by atoms with van der Waals surface area (Å²) < 4.78 is 12.2. The van der Waals surface area contributed by atoms with E-state index in [0.717, 1.165) is 62.0 Å². The molecule has 0 saturated carbocycles. The van der Waals surface area contributed by atoms with Crippen molar-refractivity contribution in [3.63, 3.8) is 0 Å². The smallest absolute Gasteiger partial charge is 0.139 e. The molecule has 1 aliphatic heterocycles. The predicted octanol–water partition coefficient (Wildman–Crippen LogP) is 3.67. The summed E-state index contributed by atoms with van der Waals surface area (Å²) >= 11 is 0. The molecule has 1 fully saturated rings. The SMILES string of the molecule is CN(CCCCCF)C1CCN(c2ncnc3ccccc23)CC1. The first-order chi connectivity index (χ1) is 11.8. The van der Waals surface area contributed by atoms with Crippen LogP contribution in [0.15, 0.2) is 30.6 Å². The standard InChI is InChI=1S/C19H27FN4/c1-23(12-6-2-5-11-20)16-9-13-24(14-10-16)19-17-7-3-4-8-18(17)21-15-22-19/h3-4,7-8,15-16H,2,5-6,9-14H2,1H3. The van der Waals surface area contributed by atoms with Gasteiger partial charge < -0.3 is 9.80 Å². The Morgan fingerprint density at radius 2 is 1.92 bits per heavy atom. The van der Waals surface area contributed by atoms with Gasteiger partial charge in [0.2, 0.25) is 0 Å². The Kier molecular flexibility index (Phi) is 5.96. The lowest BCUT2D eigenvalue weighted by atomic mass is 10.0. The average molecular weight is 330 g/mol. The van der Waals surface area contributed by atoms with Crippen LogP contribution in [0.25, 0.3) is 10.9 Å². The fraction of sp³-hybridized carbons (Fsp3) is 0.579. The molecule has 5 heteroatoms. The van der Waals surface area contributed by atoms with Gasteiger partial charge in [-0.25, -0.2) is 9.97 Å². The van der Waals surface area contributed by atoms with Gasteiger partial charge in [0.1, 0.15) is 12.1 Å². The maximum atomic E-state index is 12.2. The van der Waals surface area contributed by atoms with Gasteiger partial charge in [0.15, 0.2) is 0 Å². The van der Waals surface area contributed by atoms with E-state index in [2.05, 4.69) is 32.9 Å². The van der Waals surface area contributed by atoms with Crippen LogP contribution in [0.2, 0.25) is 0 Å². The van der Waals surface area contributed by atoms with Crippen LogP contribution in [0.3, 0.4) is 0 Å². The van der Waals surface area contributed by atoms with Crippen LogP contribution in [-0.2, 0) is 0 Å². The summed E-state index contributed by atoms with van der Waals surface area (Å²) in [6.45, 7) is 2.94. The molecule has 1 aromatic heterocycles. The Balaban J connectivity index is 1.56. The maximum absolute atomic E-state index is 12.2. The Hall–Kier alpha value is -1.75. The van der Waals surface area contributed by atoms with Crippen molar-refractivity contribution in [1.82, 2.24) is 14.9 Å². The zero-order valence-corrected chi connectivity index (χ0v) is 14.5. The molecular formula is C19H27FN4. The zero-order valence-electron chi connectivity index (χ0n) is 14.5. The van der Waals surface area contributed by atoms with E-state index in [1.165, 1.54) is 0 Å². The summed E-state index contributed by atoms with van der Waals surface area (Å²) in [4.78, 5) is 13.7. The van der Waals surface area contributed by atoms with Gasteiger partial charge in [-0.1, -0.05) is 12.1 Å². The zero-order chi connectivity index (χ0) is 16.8. The molecule has 0 aliphatic carbocycles. The Morgan fingerprint density at radius 3 is 2.71 bits per heavy atom. The van der Waals surface area contributed by atoms with Crippen molar-refractivity contribution in [2.45, 2.75) is 38.1 Å². The topological polar surface area (TPSA) is 32.3 Å². The molecule has 0 N–H and O–H groups in total. The monoisotopic (exact) mass is 330 g/mol. The van der Waals surface area contributed by atoms with E-state index in [1.54, 1.807) is 6.33 Å². The first kappa shape index (κ1) is 17.1. The summed E-state index contributed by atoms with van der Waals surface area (Å²) in [5, 5.41) is 1.14. The molecule has 24 heavy (non-hydrogen) atoms. The first-order valence-electron chi connectivity index (χ1n) is 9.00. The highest BCUT2D eigenvalue weighted by molar-refractivity contribution is 5.89. The van der Waals surface area contributed by atoms with Gasteiger partial charge in [-0.05, 0) is 57.8 Å². The molecular weight excluding hydrogens is 303 g/mol. The van der Waals surface area contributed by atoms with Crippen molar-refractivity contribution in [3.05, 3.63) is 30.6 Å². The molecule has 130 valence electrons. The second kappa shape index (κ2) is 8.38. The number of alkyl halides is 1. The highest BCUT2D eigenvalue weighted by Gasteiger charge is 2.23. The van der Waals surface area contributed by atoms with E-state index in [9.17, 15) is 4.39 Å². The number of unbranched alkanes of at least 4 members (excludes halogenated alkanes) is 2. The lowest BCUT2D eigenvalue weighted by Gasteiger charge is -2.37. The lowest BCUT2D eigenvalue weighted by Crippen LogP contribution is -2.44. The molecule has 3 rings (SSSR count). The van der Waals surface area contributed by atoms with E-state index in [4.69, 9.17) is 0 Å². The largest absolute Gasteiger partial charge is 0.356 e. The van der Waals surface area contributed by atoms with Crippen LogP contribution in [0, 0.1) is 0 Å². The molecule has 1 aliphatic rings. The van der Waals surface area contributed by atoms with Gasteiger partial charge in [-0.3, -0.25) is 4.39 Å². The van der Waals surface area contributed by atoms with Crippen molar-refractivity contribution in [3.8, 4) is 0 Å². The van der Waals surface area contributed by atoms with Gasteiger partial charge in [0, 0.05) is 24.5 Å². The number of rotatable bonds is 7. The van der Waals surface area contributed by atoms with Crippen molar-refractivity contribution in [2.24, 2.45) is 0 Å². The van der Waals surface area contributed by atoms with Gasteiger partial charge in [-0.15, -0.1) is 0 Å². The molecule has 2 heterocycles. The third-order valence-electron chi connectivity index (χ3n) is 5.05. The highest BCUT2D eigenvalue weighted by Crippen LogP contribution is 2.26. The number of fused-ring (bicyclic) bond motifs is 1. The van der Waals surface area contributed by atoms with Crippen LogP contribution >= 0.6 is 0 Å². The molecule has 1 aromatic carbocycles. The van der Waals surface area contributed by atoms with E-state index in [1.807, 2.05) is 18.2 Å². The molecule has 1 saturated heterocycles. The van der Waals surface area contributed by atoms with Gasteiger partial charge in [0.25, 0.3) is 0 Å². The highest BCUT2D eigenvalue weighted by atomic mass is 19.1. The third kappa shape index (κ3) is 4.01. The van der Waals surface area contributed by atoms with Gasteiger partial charge in [0.05, 0.1) is 12.2 Å². The predicted molar refractivity (Wildman–Crippen MR) is 97.2 cm³/mol. The molecule has 0 bridgehead atoms. The van der Waals surface area contributed by atoms with Crippen LogP contribution in [-0.4, -0.2) is 54.3 Å². The lowest BCUT2D eigenvalue weighted by molar-refractivity contribution is 0.203. The van der Waals surface area contributed by atoms with Gasteiger partial charge >= 0.3 is 0 Å². The quantitative estimate of drug-likeness (QED) is 0.725. The Morgan fingerprint density at radius 1 is 1.12 bits per heavy atom. The van der Waals surface area contributed by atoms with E-state index in [0.29, 0.717) is 12.5 Å². The third-order valence-corrected chi connectivity index (χ3v) is 5.05. The van der Waals surface area contributed by atoms with Crippen LogP contribution in [0.1, 0.15) is 32.1 Å². The normalized spacial score (nSPS) is 16.2. The number of halogens is 1. The molecule has 2 aromatic rings.